The van der Waals surface area contributed by atoms with Crippen LogP contribution in [-0.2, 0) is 17.6 Å². The van der Waals surface area contributed by atoms with Crippen LogP contribution >= 0.6 is 23.2 Å². The molecule has 0 amide bonds. The van der Waals surface area contributed by atoms with Gasteiger partial charge in [0.2, 0.25) is 0 Å². The van der Waals surface area contributed by atoms with Crippen LogP contribution in [0.3, 0.4) is 0 Å². The van der Waals surface area contributed by atoms with Gasteiger partial charge in [0.05, 0.1) is 23.3 Å². The highest BCUT2D eigenvalue weighted by molar-refractivity contribution is 6.42. The third kappa shape index (κ3) is 3.75. The number of ether oxygens (including phenoxy) is 1. The van der Waals surface area contributed by atoms with Gasteiger partial charge in [-0.3, -0.25) is 0 Å². The molecule has 22 heavy (non-hydrogen) atoms. The summed E-state index contributed by atoms with van der Waals surface area (Å²) in [6, 6.07) is 13.3. The summed E-state index contributed by atoms with van der Waals surface area (Å²) in [4.78, 5) is 0. The van der Waals surface area contributed by atoms with E-state index in [-0.39, 0.29) is 0 Å². The summed E-state index contributed by atoms with van der Waals surface area (Å²) in [6.07, 6.45) is 1.85. The Morgan fingerprint density at radius 1 is 0.909 bits per heavy atom. The quantitative estimate of drug-likeness (QED) is 0.873. The van der Waals surface area contributed by atoms with Crippen LogP contribution in [0.4, 0.5) is 0 Å². The second kappa shape index (κ2) is 6.91. The van der Waals surface area contributed by atoms with E-state index in [0.29, 0.717) is 27.6 Å². The van der Waals surface area contributed by atoms with E-state index in [1.807, 2.05) is 36.4 Å². The number of hydrogen-bond donors (Lipinski definition) is 1. The Hall–Kier alpha value is -1.22. The zero-order valence-electron chi connectivity index (χ0n) is 12.1. The maximum atomic E-state index is 9.59. The molecule has 0 saturated carbocycles. The minimum Gasteiger partial charge on any atom is -0.508 e. The molecule has 3 rings (SSSR count). The predicted octanol–water partition coefficient (Wildman–Crippen LogP) is 4.75. The summed E-state index contributed by atoms with van der Waals surface area (Å²) in [5.41, 5.74) is 2.33. The topological polar surface area (TPSA) is 29.5 Å². The van der Waals surface area contributed by atoms with Crippen molar-refractivity contribution in [2.24, 2.45) is 11.8 Å². The van der Waals surface area contributed by atoms with Crippen LogP contribution in [0.25, 0.3) is 0 Å². The van der Waals surface area contributed by atoms with Crippen LogP contribution in [0.5, 0.6) is 5.75 Å². The highest BCUT2D eigenvalue weighted by atomic mass is 35.5. The molecule has 0 unspecified atom stereocenters. The Kier molecular flexibility index (Phi) is 4.92. The molecule has 2 nitrogen and oxygen atoms in total. The van der Waals surface area contributed by atoms with E-state index < -0.39 is 0 Å². The van der Waals surface area contributed by atoms with Crippen LogP contribution < -0.4 is 0 Å². The Labute approximate surface area is 140 Å². The number of benzene rings is 2. The van der Waals surface area contributed by atoms with Gasteiger partial charge in [-0.05, 0) is 60.1 Å². The standard InChI is InChI=1S/C18H18Cl2O2/c19-17-5-4-13(9-18(17)20)7-15-11-22-10-14(15)6-12-2-1-3-16(21)8-12/h1-5,8-9,14-15,21H,6-7,10-11H2/t14-,15-/m0/s1. The SMILES string of the molecule is Oc1cccc(C[C@H]2COC[C@@H]2Cc2ccc(Cl)c(Cl)c2)c1. The van der Waals surface area contributed by atoms with E-state index in [9.17, 15) is 5.11 Å². The number of phenols is 1. The molecule has 2 aromatic rings. The molecule has 116 valence electrons. The Morgan fingerprint density at radius 2 is 1.59 bits per heavy atom. The molecule has 2 atom stereocenters. The average molecular weight is 337 g/mol. The molecule has 1 fully saturated rings. The van der Waals surface area contributed by atoms with Crippen molar-refractivity contribution in [1.82, 2.24) is 0 Å². The van der Waals surface area contributed by atoms with Gasteiger partial charge >= 0.3 is 0 Å². The molecule has 0 radical (unpaired) electrons. The van der Waals surface area contributed by atoms with E-state index in [1.165, 1.54) is 5.56 Å². The van der Waals surface area contributed by atoms with Crippen molar-refractivity contribution in [3.63, 3.8) is 0 Å². The van der Waals surface area contributed by atoms with Crippen LogP contribution in [0, 0.1) is 11.8 Å². The average Bonchev–Trinajstić information content (AvgIpc) is 2.90. The lowest BCUT2D eigenvalue weighted by atomic mass is 9.85. The second-order valence-electron chi connectivity index (χ2n) is 5.88. The number of phenolic OH excluding ortho intramolecular Hbond substituents is 1. The van der Waals surface area contributed by atoms with Crippen molar-refractivity contribution in [3.05, 3.63) is 63.6 Å². The summed E-state index contributed by atoms with van der Waals surface area (Å²) >= 11 is 12.1. The van der Waals surface area contributed by atoms with E-state index in [0.717, 1.165) is 31.6 Å². The van der Waals surface area contributed by atoms with Crippen LogP contribution in [0.15, 0.2) is 42.5 Å². The van der Waals surface area contributed by atoms with Crippen molar-refractivity contribution >= 4 is 23.2 Å². The number of halogens is 2. The monoisotopic (exact) mass is 336 g/mol. The minimum atomic E-state index is 0.317. The summed E-state index contributed by atoms with van der Waals surface area (Å²) < 4.78 is 5.68. The Balaban J connectivity index is 1.69. The van der Waals surface area contributed by atoms with Gasteiger partial charge in [0, 0.05) is 0 Å². The fourth-order valence-electron chi connectivity index (χ4n) is 3.05. The lowest BCUT2D eigenvalue weighted by Crippen LogP contribution is -2.17. The van der Waals surface area contributed by atoms with Crippen molar-refractivity contribution in [1.29, 1.82) is 0 Å². The smallest absolute Gasteiger partial charge is 0.115 e. The maximum absolute atomic E-state index is 9.59. The lowest BCUT2D eigenvalue weighted by Gasteiger charge is -2.18. The van der Waals surface area contributed by atoms with E-state index in [2.05, 4.69) is 0 Å². The van der Waals surface area contributed by atoms with Gasteiger partial charge in [0.15, 0.2) is 0 Å². The first kappa shape index (κ1) is 15.7. The molecule has 0 spiro atoms. The highest BCUT2D eigenvalue weighted by Gasteiger charge is 2.28. The molecule has 1 aliphatic rings. The fraction of sp³-hybridized carbons (Fsp3) is 0.333. The van der Waals surface area contributed by atoms with Gasteiger partial charge in [0.25, 0.3) is 0 Å². The number of aromatic hydroxyl groups is 1. The largest absolute Gasteiger partial charge is 0.508 e. The third-order valence-corrected chi connectivity index (χ3v) is 4.96. The van der Waals surface area contributed by atoms with Gasteiger partial charge in [0.1, 0.15) is 5.75 Å². The summed E-state index contributed by atoms with van der Waals surface area (Å²) in [7, 11) is 0. The first-order valence-electron chi connectivity index (χ1n) is 7.41. The molecule has 0 aliphatic carbocycles. The first-order valence-corrected chi connectivity index (χ1v) is 8.17. The lowest BCUT2D eigenvalue weighted by molar-refractivity contribution is 0.180. The van der Waals surface area contributed by atoms with Gasteiger partial charge in [-0.2, -0.15) is 0 Å². The van der Waals surface area contributed by atoms with E-state index in [1.54, 1.807) is 6.07 Å². The van der Waals surface area contributed by atoms with Gasteiger partial charge in [-0.1, -0.05) is 41.4 Å². The molecule has 2 aromatic carbocycles. The van der Waals surface area contributed by atoms with Crippen LogP contribution in [0.2, 0.25) is 10.0 Å². The normalized spacial score (nSPS) is 21.2. The van der Waals surface area contributed by atoms with Crippen molar-refractivity contribution < 1.29 is 9.84 Å². The Bertz CT molecular complexity index is 657. The summed E-state index contributed by atoms with van der Waals surface area (Å²) in [6.45, 7) is 1.53. The maximum Gasteiger partial charge on any atom is 0.115 e. The van der Waals surface area contributed by atoms with Crippen molar-refractivity contribution in [2.45, 2.75) is 12.8 Å². The molecule has 0 aromatic heterocycles. The van der Waals surface area contributed by atoms with Crippen LogP contribution in [0.1, 0.15) is 11.1 Å². The number of hydrogen-bond acceptors (Lipinski definition) is 2. The zero-order chi connectivity index (χ0) is 15.5. The molecule has 0 bridgehead atoms. The van der Waals surface area contributed by atoms with Crippen LogP contribution in [-0.4, -0.2) is 18.3 Å². The highest BCUT2D eigenvalue weighted by Crippen LogP contribution is 2.30. The molecular formula is C18H18Cl2O2. The van der Waals surface area contributed by atoms with Gasteiger partial charge < -0.3 is 9.84 Å². The van der Waals surface area contributed by atoms with Crippen molar-refractivity contribution in [3.8, 4) is 5.75 Å². The van der Waals surface area contributed by atoms with Crippen molar-refractivity contribution in [2.75, 3.05) is 13.2 Å². The molecular weight excluding hydrogens is 319 g/mol. The molecule has 1 aliphatic heterocycles. The molecule has 1 heterocycles. The van der Waals surface area contributed by atoms with E-state index >= 15 is 0 Å². The molecule has 1 saturated heterocycles. The second-order valence-corrected chi connectivity index (χ2v) is 6.70. The first-order chi connectivity index (χ1) is 10.6. The molecule has 1 N–H and O–H groups in total. The zero-order valence-corrected chi connectivity index (χ0v) is 13.6. The third-order valence-electron chi connectivity index (χ3n) is 4.22. The predicted molar refractivity (Wildman–Crippen MR) is 89.8 cm³/mol. The van der Waals surface area contributed by atoms with E-state index in [4.69, 9.17) is 27.9 Å². The summed E-state index contributed by atoms with van der Waals surface area (Å²) in [5, 5.41) is 10.8. The van der Waals surface area contributed by atoms with Gasteiger partial charge in [-0.25, -0.2) is 0 Å². The minimum absolute atomic E-state index is 0.317. The fourth-order valence-corrected chi connectivity index (χ4v) is 3.37. The summed E-state index contributed by atoms with van der Waals surface area (Å²) in [5.74, 6) is 1.23. The number of rotatable bonds is 4. The Morgan fingerprint density at radius 3 is 2.23 bits per heavy atom. The van der Waals surface area contributed by atoms with Gasteiger partial charge in [-0.15, -0.1) is 0 Å². The molecule has 4 heteroatoms.